The maximum Gasteiger partial charge on any atom is 0.416 e. The van der Waals surface area contributed by atoms with Gasteiger partial charge in [0.05, 0.1) is 30.8 Å². The quantitative estimate of drug-likeness (QED) is 0.526. The molecule has 1 N–H and O–H groups in total. The Hall–Kier alpha value is -2.05. The van der Waals surface area contributed by atoms with Gasteiger partial charge in [0, 0.05) is 6.54 Å². The second-order valence-electron chi connectivity index (χ2n) is 4.97. The Kier molecular flexibility index (Phi) is 5.05. The molecule has 1 fully saturated rings. The fourth-order valence-electron chi connectivity index (χ4n) is 2.16. The predicted octanol–water partition coefficient (Wildman–Crippen LogP) is 2.90. The molecule has 1 aliphatic rings. The topological polar surface area (TPSA) is 30.6 Å². The number of hydrogen-bond acceptors (Lipinski definition) is 1. The highest BCUT2D eigenvalue weighted by atomic mass is 19.4. The first kappa shape index (κ1) is 16.3. The number of nitrogens with one attached hydrogen (secondary N) is 1. The lowest BCUT2D eigenvalue weighted by Gasteiger charge is -2.18. The molecule has 2 rings (SSSR count). The van der Waals surface area contributed by atoms with Crippen molar-refractivity contribution in [2.45, 2.75) is 26.4 Å². The van der Waals surface area contributed by atoms with Gasteiger partial charge in [-0.2, -0.15) is 13.2 Å². The number of halogens is 3. The summed E-state index contributed by atoms with van der Waals surface area (Å²) in [6.45, 7) is 6.40. The molecule has 1 aromatic rings. The van der Waals surface area contributed by atoms with Crippen molar-refractivity contribution in [3.8, 4) is 0 Å². The van der Waals surface area contributed by atoms with Crippen LogP contribution in [0.25, 0.3) is 0 Å². The average molecular weight is 313 g/mol. The van der Waals surface area contributed by atoms with E-state index < -0.39 is 11.7 Å². The van der Waals surface area contributed by atoms with Crippen LogP contribution in [0.2, 0.25) is 0 Å². The minimum absolute atomic E-state index is 0.489. The van der Waals surface area contributed by atoms with Crippen LogP contribution in [0.3, 0.4) is 0 Å². The van der Waals surface area contributed by atoms with Crippen LogP contribution >= 0.6 is 0 Å². The summed E-state index contributed by atoms with van der Waals surface area (Å²) in [6.07, 6.45) is -1.89. The number of alkyl halides is 3. The molecule has 120 valence electrons. The highest BCUT2D eigenvalue weighted by Gasteiger charge is 2.31. The van der Waals surface area contributed by atoms with Crippen molar-refractivity contribution < 1.29 is 17.7 Å². The van der Waals surface area contributed by atoms with Crippen LogP contribution in [0, 0.1) is 0 Å². The zero-order valence-electron chi connectivity index (χ0n) is 12.7. The Bertz CT molecular complexity index is 572. The SMILES string of the molecule is CC[N+](=CN=C1CCN(c2cccc(C(F)(F)F)c2)N1)CC. The van der Waals surface area contributed by atoms with Gasteiger partial charge in [-0.05, 0) is 37.0 Å². The number of amidine groups is 1. The average Bonchev–Trinajstić information content (AvgIpc) is 2.96. The van der Waals surface area contributed by atoms with Gasteiger partial charge in [0.15, 0.2) is 0 Å². The van der Waals surface area contributed by atoms with E-state index in [2.05, 4.69) is 10.4 Å². The van der Waals surface area contributed by atoms with E-state index in [-0.39, 0.29) is 0 Å². The summed E-state index contributed by atoms with van der Waals surface area (Å²) in [6, 6.07) is 5.28. The molecule has 0 radical (unpaired) electrons. The second kappa shape index (κ2) is 6.81. The molecule has 0 atom stereocenters. The van der Waals surface area contributed by atoms with Crippen LogP contribution in [-0.2, 0) is 6.18 Å². The Morgan fingerprint density at radius 1 is 1.32 bits per heavy atom. The van der Waals surface area contributed by atoms with Crippen molar-refractivity contribution in [2.75, 3.05) is 24.6 Å². The molecular weight excluding hydrogens is 293 g/mol. The van der Waals surface area contributed by atoms with Gasteiger partial charge < -0.3 is 0 Å². The van der Waals surface area contributed by atoms with Crippen LogP contribution in [0.5, 0.6) is 0 Å². The van der Waals surface area contributed by atoms with E-state index in [1.54, 1.807) is 17.4 Å². The molecule has 1 aromatic carbocycles. The van der Waals surface area contributed by atoms with Gasteiger partial charge in [0.25, 0.3) is 6.34 Å². The second-order valence-corrected chi connectivity index (χ2v) is 4.97. The molecule has 0 aromatic heterocycles. The molecule has 0 aliphatic carbocycles. The number of nitrogens with zero attached hydrogens (tertiary/aromatic N) is 3. The third-order valence-electron chi connectivity index (χ3n) is 3.51. The number of benzene rings is 1. The van der Waals surface area contributed by atoms with Gasteiger partial charge in [0.1, 0.15) is 0 Å². The third-order valence-corrected chi connectivity index (χ3v) is 3.51. The van der Waals surface area contributed by atoms with E-state index >= 15 is 0 Å². The zero-order valence-corrected chi connectivity index (χ0v) is 12.7. The highest BCUT2D eigenvalue weighted by molar-refractivity contribution is 5.91. The van der Waals surface area contributed by atoms with Crippen molar-refractivity contribution in [1.29, 1.82) is 0 Å². The Morgan fingerprint density at radius 2 is 2.05 bits per heavy atom. The number of hydrazine groups is 1. The number of hydrogen-bond donors (Lipinski definition) is 1. The summed E-state index contributed by atoms with van der Waals surface area (Å²) < 4.78 is 40.3. The first-order valence-corrected chi connectivity index (χ1v) is 7.29. The molecule has 1 saturated heterocycles. The first-order chi connectivity index (χ1) is 10.4. The van der Waals surface area contributed by atoms with Gasteiger partial charge in [-0.15, -0.1) is 0 Å². The molecule has 0 unspecified atom stereocenters. The lowest BCUT2D eigenvalue weighted by Crippen LogP contribution is -2.33. The Balaban J connectivity index is 2.11. The minimum Gasteiger partial charge on any atom is -0.285 e. The van der Waals surface area contributed by atoms with Crippen LogP contribution in [0.4, 0.5) is 18.9 Å². The van der Waals surface area contributed by atoms with E-state index in [1.807, 2.05) is 18.4 Å². The summed E-state index contributed by atoms with van der Waals surface area (Å²) in [5, 5.41) is 1.68. The molecule has 0 amide bonds. The van der Waals surface area contributed by atoms with E-state index in [9.17, 15) is 13.2 Å². The smallest absolute Gasteiger partial charge is 0.285 e. The van der Waals surface area contributed by atoms with Crippen LogP contribution in [0.1, 0.15) is 25.8 Å². The van der Waals surface area contributed by atoms with E-state index in [1.165, 1.54) is 6.07 Å². The molecule has 4 nitrogen and oxygen atoms in total. The molecule has 1 heterocycles. The predicted molar refractivity (Wildman–Crippen MR) is 81.4 cm³/mol. The zero-order chi connectivity index (χ0) is 16.2. The number of aliphatic imine (C=N–C) groups is 1. The maximum atomic E-state index is 12.7. The van der Waals surface area contributed by atoms with E-state index in [0.717, 1.165) is 31.1 Å². The van der Waals surface area contributed by atoms with Crippen LogP contribution in [0.15, 0.2) is 29.3 Å². The molecule has 0 bridgehead atoms. The van der Waals surface area contributed by atoms with E-state index in [4.69, 9.17) is 0 Å². The highest BCUT2D eigenvalue weighted by Crippen LogP contribution is 2.31. The van der Waals surface area contributed by atoms with Crippen molar-refractivity contribution >= 4 is 17.9 Å². The van der Waals surface area contributed by atoms with Crippen LogP contribution in [-0.4, -0.2) is 36.4 Å². The van der Waals surface area contributed by atoms with Gasteiger partial charge in [-0.3, -0.25) is 15.0 Å². The lowest BCUT2D eigenvalue weighted by molar-refractivity contribution is -0.516. The number of rotatable bonds is 4. The molecular formula is C15H20F3N4+. The van der Waals surface area contributed by atoms with Crippen molar-refractivity contribution in [2.24, 2.45) is 4.99 Å². The maximum absolute atomic E-state index is 12.7. The first-order valence-electron chi connectivity index (χ1n) is 7.29. The van der Waals surface area contributed by atoms with Gasteiger partial charge >= 0.3 is 6.18 Å². The number of anilines is 1. The summed E-state index contributed by atoms with van der Waals surface area (Å²) >= 11 is 0. The normalized spacial score (nSPS) is 16.8. The molecule has 1 aliphatic heterocycles. The van der Waals surface area contributed by atoms with Gasteiger partial charge in [-0.1, -0.05) is 6.07 Å². The monoisotopic (exact) mass is 313 g/mol. The molecule has 0 spiro atoms. The standard InChI is InChI=1S/C15H19F3N4/c1-3-21(4-2)11-19-14-8-9-22(20-14)13-7-5-6-12(10-13)15(16,17)18/h5-7,10-11H,3-4,8-9H2,1-2H3/p+1. The van der Waals surface area contributed by atoms with Gasteiger partial charge in [-0.25, -0.2) is 0 Å². The molecule has 22 heavy (non-hydrogen) atoms. The summed E-state index contributed by atoms with van der Waals surface area (Å²) in [5.74, 6) is 0.754. The van der Waals surface area contributed by atoms with Crippen molar-refractivity contribution in [1.82, 2.24) is 5.43 Å². The lowest BCUT2D eigenvalue weighted by atomic mass is 10.2. The minimum atomic E-state index is -4.33. The summed E-state index contributed by atoms with van der Waals surface area (Å²) in [4.78, 5) is 4.35. The summed E-state index contributed by atoms with van der Waals surface area (Å²) in [5.41, 5.74) is 2.89. The fraction of sp³-hybridized carbons (Fsp3) is 0.467. The van der Waals surface area contributed by atoms with Crippen molar-refractivity contribution in [3.63, 3.8) is 0 Å². The van der Waals surface area contributed by atoms with Crippen molar-refractivity contribution in [3.05, 3.63) is 29.8 Å². The molecule has 7 heteroatoms. The largest absolute Gasteiger partial charge is 0.416 e. The summed E-state index contributed by atoms with van der Waals surface area (Å²) in [7, 11) is 0. The fourth-order valence-corrected chi connectivity index (χ4v) is 2.16. The van der Waals surface area contributed by atoms with Gasteiger partial charge in [0.2, 0.25) is 5.84 Å². The molecule has 0 saturated carbocycles. The van der Waals surface area contributed by atoms with Crippen LogP contribution < -0.4 is 10.4 Å². The third kappa shape index (κ3) is 3.99. The Labute approximate surface area is 127 Å². The Morgan fingerprint density at radius 3 is 2.68 bits per heavy atom. The van der Waals surface area contributed by atoms with E-state index in [0.29, 0.717) is 18.7 Å².